The standard InChI is InChI=1S/C14H19N3O2/c1-14(2,15)7-8-17-9-16-12(13(17)19)10-3-5-11(18)6-4-10/h3-6,9,12,18H,7-8,15H2,1-2H3. The Bertz CT molecular complexity index is 488. The largest absolute Gasteiger partial charge is 0.508 e. The smallest absolute Gasteiger partial charge is 0.257 e. The Morgan fingerprint density at radius 3 is 2.58 bits per heavy atom. The van der Waals surface area contributed by atoms with Crippen molar-refractivity contribution in [1.29, 1.82) is 0 Å². The minimum atomic E-state index is -0.499. The van der Waals surface area contributed by atoms with E-state index >= 15 is 0 Å². The van der Waals surface area contributed by atoms with Crippen LogP contribution in [0.1, 0.15) is 31.9 Å². The Kier molecular flexibility index (Phi) is 3.57. The number of carbonyl (C=O) groups excluding carboxylic acids is 1. The van der Waals surface area contributed by atoms with Gasteiger partial charge in [-0.15, -0.1) is 0 Å². The minimum absolute atomic E-state index is 0.0464. The molecule has 0 fully saturated rings. The maximum Gasteiger partial charge on any atom is 0.257 e. The maximum atomic E-state index is 12.2. The van der Waals surface area contributed by atoms with E-state index < -0.39 is 6.04 Å². The average molecular weight is 261 g/mol. The monoisotopic (exact) mass is 261 g/mol. The summed E-state index contributed by atoms with van der Waals surface area (Å²) in [5, 5.41) is 9.24. The predicted octanol–water partition coefficient (Wildman–Crippen LogP) is 1.43. The molecule has 19 heavy (non-hydrogen) atoms. The van der Waals surface area contributed by atoms with E-state index in [0.29, 0.717) is 13.0 Å². The first-order chi connectivity index (χ1) is 8.87. The van der Waals surface area contributed by atoms with E-state index in [1.165, 1.54) is 0 Å². The molecule has 1 aliphatic heterocycles. The molecule has 1 amide bonds. The normalized spacial score (nSPS) is 19.2. The molecule has 5 heteroatoms. The second-order valence-electron chi connectivity index (χ2n) is 5.53. The van der Waals surface area contributed by atoms with Gasteiger partial charge in [0.05, 0.1) is 6.34 Å². The lowest BCUT2D eigenvalue weighted by molar-refractivity contribution is -0.127. The van der Waals surface area contributed by atoms with Gasteiger partial charge in [-0.05, 0) is 38.0 Å². The number of rotatable bonds is 4. The SMILES string of the molecule is CC(C)(N)CCN1C=NC(c2ccc(O)cc2)C1=O. The Morgan fingerprint density at radius 2 is 2.00 bits per heavy atom. The topological polar surface area (TPSA) is 78.9 Å². The van der Waals surface area contributed by atoms with E-state index in [9.17, 15) is 9.90 Å². The number of hydrogen-bond acceptors (Lipinski definition) is 4. The molecule has 1 aliphatic rings. The van der Waals surface area contributed by atoms with Crippen LogP contribution in [0.25, 0.3) is 0 Å². The highest BCUT2D eigenvalue weighted by Gasteiger charge is 2.30. The number of nitrogens with two attached hydrogens (primary N) is 1. The molecule has 102 valence electrons. The fourth-order valence-electron chi connectivity index (χ4n) is 1.89. The third-order valence-electron chi connectivity index (χ3n) is 3.08. The maximum absolute atomic E-state index is 12.2. The van der Waals surface area contributed by atoms with Crippen LogP contribution < -0.4 is 5.73 Å². The molecule has 0 radical (unpaired) electrons. The Morgan fingerprint density at radius 1 is 1.37 bits per heavy atom. The molecule has 3 N–H and O–H groups in total. The Hall–Kier alpha value is -1.88. The Balaban J connectivity index is 2.02. The summed E-state index contributed by atoms with van der Waals surface area (Å²) in [4.78, 5) is 18.0. The predicted molar refractivity (Wildman–Crippen MR) is 73.9 cm³/mol. The fourth-order valence-corrected chi connectivity index (χ4v) is 1.89. The number of phenols is 1. The lowest BCUT2D eigenvalue weighted by Gasteiger charge is -2.22. The summed E-state index contributed by atoms with van der Waals surface area (Å²) >= 11 is 0. The molecule has 5 nitrogen and oxygen atoms in total. The first-order valence-electron chi connectivity index (χ1n) is 6.28. The van der Waals surface area contributed by atoms with Crippen LogP contribution in [0.2, 0.25) is 0 Å². The van der Waals surface area contributed by atoms with Gasteiger partial charge in [-0.3, -0.25) is 9.79 Å². The van der Waals surface area contributed by atoms with E-state index in [1.807, 2.05) is 13.8 Å². The van der Waals surface area contributed by atoms with E-state index in [1.54, 1.807) is 35.5 Å². The molecule has 0 spiro atoms. The number of benzene rings is 1. The molecule has 0 bridgehead atoms. The average Bonchev–Trinajstić information content (AvgIpc) is 2.68. The summed E-state index contributed by atoms with van der Waals surface area (Å²) in [6.45, 7) is 4.44. The van der Waals surface area contributed by atoms with Crippen LogP contribution in [0, 0.1) is 0 Å². The molecule has 2 rings (SSSR count). The van der Waals surface area contributed by atoms with E-state index in [-0.39, 0.29) is 17.2 Å². The molecule has 1 heterocycles. The molecular weight excluding hydrogens is 242 g/mol. The zero-order chi connectivity index (χ0) is 14.0. The highest BCUT2D eigenvalue weighted by Crippen LogP contribution is 2.25. The first-order valence-corrected chi connectivity index (χ1v) is 6.28. The van der Waals surface area contributed by atoms with Gasteiger partial charge in [-0.2, -0.15) is 0 Å². The van der Waals surface area contributed by atoms with Crippen molar-refractivity contribution in [3.05, 3.63) is 29.8 Å². The van der Waals surface area contributed by atoms with Gasteiger partial charge >= 0.3 is 0 Å². The summed E-state index contributed by atoms with van der Waals surface area (Å²) in [6.07, 6.45) is 2.29. The zero-order valence-corrected chi connectivity index (χ0v) is 11.2. The molecule has 1 atom stereocenters. The number of aromatic hydroxyl groups is 1. The molecular formula is C14H19N3O2. The molecule has 0 aromatic heterocycles. The summed E-state index contributed by atoms with van der Waals surface area (Å²) in [5.41, 5.74) is 6.40. The van der Waals surface area contributed by atoms with Crippen molar-refractivity contribution in [2.75, 3.05) is 6.54 Å². The van der Waals surface area contributed by atoms with Crippen molar-refractivity contribution in [1.82, 2.24) is 4.90 Å². The van der Waals surface area contributed by atoms with Crippen LogP contribution in [-0.4, -0.2) is 34.3 Å². The van der Waals surface area contributed by atoms with Gasteiger partial charge in [0.1, 0.15) is 5.75 Å². The molecule has 0 aliphatic carbocycles. The van der Waals surface area contributed by atoms with E-state index in [4.69, 9.17) is 5.73 Å². The second kappa shape index (κ2) is 5.01. The minimum Gasteiger partial charge on any atom is -0.508 e. The lowest BCUT2D eigenvalue weighted by atomic mass is 10.0. The number of phenolic OH excluding ortho intramolecular Hbond substituents is 1. The van der Waals surface area contributed by atoms with Crippen LogP contribution in [0.5, 0.6) is 5.75 Å². The van der Waals surface area contributed by atoms with Crippen LogP contribution in [0.15, 0.2) is 29.3 Å². The van der Waals surface area contributed by atoms with Gasteiger partial charge in [0.15, 0.2) is 6.04 Å². The third kappa shape index (κ3) is 3.32. The summed E-state index contributed by atoms with van der Waals surface area (Å²) < 4.78 is 0. The molecule has 0 saturated heterocycles. The Labute approximate surface area is 112 Å². The van der Waals surface area contributed by atoms with Gasteiger partial charge in [0.25, 0.3) is 5.91 Å². The number of aliphatic imine (C=N–C) groups is 1. The molecule has 1 aromatic carbocycles. The molecule has 1 aromatic rings. The van der Waals surface area contributed by atoms with Gasteiger partial charge in [0, 0.05) is 12.1 Å². The van der Waals surface area contributed by atoms with Crippen LogP contribution in [-0.2, 0) is 4.79 Å². The van der Waals surface area contributed by atoms with Crippen molar-refractivity contribution in [2.24, 2.45) is 10.7 Å². The van der Waals surface area contributed by atoms with E-state index in [0.717, 1.165) is 5.56 Å². The third-order valence-corrected chi connectivity index (χ3v) is 3.08. The highest BCUT2D eigenvalue weighted by molar-refractivity contribution is 5.97. The highest BCUT2D eigenvalue weighted by atomic mass is 16.3. The van der Waals surface area contributed by atoms with Crippen molar-refractivity contribution in [3.63, 3.8) is 0 Å². The van der Waals surface area contributed by atoms with Crippen LogP contribution >= 0.6 is 0 Å². The number of amides is 1. The number of carbonyl (C=O) groups is 1. The van der Waals surface area contributed by atoms with Gasteiger partial charge < -0.3 is 15.7 Å². The first kappa shape index (κ1) is 13.5. The summed E-state index contributed by atoms with van der Waals surface area (Å²) in [6, 6.07) is 6.05. The summed E-state index contributed by atoms with van der Waals surface area (Å²) in [5.74, 6) is 0.134. The zero-order valence-electron chi connectivity index (χ0n) is 11.2. The quantitative estimate of drug-likeness (QED) is 0.860. The second-order valence-corrected chi connectivity index (χ2v) is 5.53. The number of hydrogen-bond donors (Lipinski definition) is 2. The van der Waals surface area contributed by atoms with Crippen LogP contribution in [0.3, 0.4) is 0 Å². The fraction of sp³-hybridized carbons (Fsp3) is 0.429. The van der Waals surface area contributed by atoms with Crippen molar-refractivity contribution in [3.8, 4) is 5.75 Å². The van der Waals surface area contributed by atoms with Gasteiger partial charge in [0.2, 0.25) is 0 Å². The van der Waals surface area contributed by atoms with E-state index in [2.05, 4.69) is 4.99 Å². The molecule has 0 saturated carbocycles. The number of nitrogens with zero attached hydrogens (tertiary/aromatic N) is 2. The van der Waals surface area contributed by atoms with Gasteiger partial charge in [-0.25, -0.2) is 0 Å². The van der Waals surface area contributed by atoms with Crippen LogP contribution in [0.4, 0.5) is 0 Å². The van der Waals surface area contributed by atoms with Crippen molar-refractivity contribution < 1.29 is 9.90 Å². The molecule has 1 unspecified atom stereocenters. The van der Waals surface area contributed by atoms with Crippen molar-refractivity contribution in [2.45, 2.75) is 31.8 Å². The lowest BCUT2D eigenvalue weighted by Crippen LogP contribution is -2.38. The summed E-state index contributed by atoms with van der Waals surface area (Å²) in [7, 11) is 0. The van der Waals surface area contributed by atoms with Gasteiger partial charge in [-0.1, -0.05) is 12.1 Å². The van der Waals surface area contributed by atoms with Crippen molar-refractivity contribution >= 4 is 12.2 Å².